The molecule has 0 aliphatic heterocycles. The van der Waals surface area contributed by atoms with E-state index in [1.54, 1.807) is 24.3 Å². The monoisotopic (exact) mass is 300 g/mol. The van der Waals surface area contributed by atoms with Crippen LogP contribution in [0.1, 0.15) is 11.1 Å². The Balaban J connectivity index is 2.12. The summed E-state index contributed by atoms with van der Waals surface area (Å²) in [6.45, 7) is -0.0912. The zero-order valence-corrected chi connectivity index (χ0v) is 11.4. The number of benzene rings is 2. The molecule has 0 unspecified atom stereocenters. The Hall–Kier alpha value is -1.29. The predicted molar refractivity (Wildman–Crippen MR) is 73.1 cm³/mol. The molecule has 0 aliphatic carbocycles. The van der Waals surface area contributed by atoms with Crippen LogP contribution in [-0.4, -0.2) is 5.11 Å². The molecule has 0 saturated carbocycles. The molecule has 2 nitrogen and oxygen atoms in total. The molecule has 2 aromatic rings. The minimum atomic E-state index is -0.523. The van der Waals surface area contributed by atoms with Gasteiger partial charge >= 0.3 is 0 Å². The maximum atomic E-state index is 13.6. The normalized spacial score (nSPS) is 10.5. The third kappa shape index (κ3) is 3.38. The Kier molecular flexibility index (Phi) is 4.64. The maximum absolute atomic E-state index is 13.6. The smallest absolute Gasteiger partial charge is 0.165 e. The van der Waals surface area contributed by atoms with E-state index in [0.717, 1.165) is 0 Å². The van der Waals surface area contributed by atoms with Crippen molar-refractivity contribution in [3.8, 4) is 5.75 Å². The van der Waals surface area contributed by atoms with E-state index in [0.29, 0.717) is 21.2 Å². The second-order valence-electron chi connectivity index (χ2n) is 3.92. The summed E-state index contributed by atoms with van der Waals surface area (Å²) in [5.41, 5.74) is 1.17. The molecular formula is C14H11Cl2FO2. The van der Waals surface area contributed by atoms with Crippen LogP contribution in [0.3, 0.4) is 0 Å². The van der Waals surface area contributed by atoms with Crippen LogP contribution in [0.4, 0.5) is 4.39 Å². The molecule has 0 aliphatic rings. The first-order valence-corrected chi connectivity index (χ1v) is 6.32. The predicted octanol–water partition coefficient (Wildman–Crippen LogP) is 4.20. The minimum absolute atomic E-state index is 0.105. The van der Waals surface area contributed by atoms with E-state index in [9.17, 15) is 4.39 Å². The first kappa shape index (κ1) is 14.1. The SMILES string of the molecule is OCc1ccc(OCc2cccc(Cl)c2Cl)c(F)c1. The van der Waals surface area contributed by atoms with E-state index in [4.69, 9.17) is 33.0 Å². The summed E-state index contributed by atoms with van der Waals surface area (Å²) in [7, 11) is 0. The van der Waals surface area contributed by atoms with Crippen molar-refractivity contribution in [2.24, 2.45) is 0 Å². The van der Waals surface area contributed by atoms with Crippen LogP contribution in [0, 0.1) is 5.82 Å². The second-order valence-corrected chi connectivity index (χ2v) is 4.71. The molecular weight excluding hydrogens is 290 g/mol. The second kappa shape index (κ2) is 6.24. The van der Waals surface area contributed by atoms with Crippen LogP contribution < -0.4 is 4.74 Å². The van der Waals surface area contributed by atoms with Gasteiger partial charge in [-0.05, 0) is 23.8 Å². The van der Waals surface area contributed by atoms with E-state index >= 15 is 0 Å². The molecule has 100 valence electrons. The molecule has 19 heavy (non-hydrogen) atoms. The zero-order chi connectivity index (χ0) is 13.8. The summed E-state index contributed by atoms with van der Waals surface area (Å²) < 4.78 is 19.0. The van der Waals surface area contributed by atoms with E-state index < -0.39 is 5.82 Å². The lowest BCUT2D eigenvalue weighted by atomic mass is 10.2. The number of ether oxygens (including phenoxy) is 1. The lowest BCUT2D eigenvalue weighted by Crippen LogP contribution is -1.99. The zero-order valence-electron chi connectivity index (χ0n) is 9.87. The highest BCUT2D eigenvalue weighted by Crippen LogP contribution is 2.27. The van der Waals surface area contributed by atoms with Gasteiger partial charge in [-0.1, -0.05) is 41.4 Å². The molecule has 1 N–H and O–H groups in total. The molecule has 0 atom stereocenters. The van der Waals surface area contributed by atoms with Crippen molar-refractivity contribution in [1.29, 1.82) is 0 Å². The van der Waals surface area contributed by atoms with Gasteiger partial charge < -0.3 is 9.84 Å². The van der Waals surface area contributed by atoms with Crippen LogP contribution in [0.25, 0.3) is 0 Å². The number of rotatable bonds is 4. The van der Waals surface area contributed by atoms with Gasteiger partial charge in [0.2, 0.25) is 0 Å². The molecule has 0 spiro atoms. The average Bonchev–Trinajstić information content (AvgIpc) is 2.41. The summed E-state index contributed by atoms with van der Waals surface area (Å²) >= 11 is 11.9. The van der Waals surface area contributed by atoms with Gasteiger partial charge in [0.1, 0.15) is 6.61 Å². The van der Waals surface area contributed by atoms with Gasteiger partial charge in [-0.3, -0.25) is 0 Å². The van der Waals surface area contributed by atoms with E-state index in [-0.39, 0.29) is 19.0 Å². The Bertz CT molecular complexity index is 588. The highest BCUT2D eigenvalue weighted by Gasteiger charge is 2.08. The molecule has 0 fully saturated rings. The fourth-order valence-corrected chi connectivity index (χ4v) is 1.95. The van der Waals surface area contributed by atoms with Gasteiger partial charge in [-0.2, -0.15) is 0 Å². The fraction of sp³-hybridized carbons (Fsp3) is 0.143. The van der Waals surface area contributed by atoms with Crippen LogP contribution in [-0.2, 0) is 13.2 Å². The highest BCUT2D eigenvalue weighted by molar-refractivity contribution is 6.42. The van der Waals surface area contributed by atoms with Crippen molar-refractivity contribution in [1.82, 2.24) is 0 Å². The van der Waals surface area contributed by atoms with Gasteiger partial charge in [-0.15, -0.1) is 0 Å². The molecule has 0 amide bonds. The van der Waals surface area contributed by atoms with Crippen molar-refractivity contribution < 1.29 is 14.2 Å². The van der Waals surface area contributed by atoms with Crippen LogP contribution in [0.2, 0.25) is 10.0 Å². The van der Waals surface area contributed by atoms with Gasteiger partial charge in [0.05, 0.1) is 16.7 Å². The Morgan fingerprint density at radius 2 is 1.95 bits per heavy atom. The molecule has 0 heterocycles. The Labute approximate surface area is 120 Å². The van der Waals surface area contributed by atoms with Gasteiger partial charge in [0.25, 0.3) is 0 Å². The summed E-state index contributed by atoms with van der Waals surface area (Å²) in [4.78, 5) is 0. The van der Waals surface area contributed by atoms with E-state index in [2.05, 4.69) is 0 Å². The molecule has 0 saturated heterocycles. The number of halogens is 3. The van der Waals surface area contributed by atoms with Crippen LogP contribution in [0.5, 0.6) is 5.75 Å². The standard InChI is InChI=1S/C14H11Cl2FO2/c15-11-3-1-2-10(14(11)16)8-19-13-5-4-9(7-18)6-12(13)17/h1-6,18H,7-8H2. The maximum Gasteiger partial charge on any atom is 0.165 e. The number of aliphatic hydroxyl groups is 1. The first-order valence-electron chi connectivity index (χ1n) is 5.57. The number of aliphatic hydroxyl groups excluding tert-OH is 1. The number of hydrogen-bond donors (Lipinski definition) is 1. The van der Waals surface area contributed by atoms with Crippen LogP contribution in [0.15, 0.2) is 36.4 Å². The molecule has 0 aromatic heterocycles. The highest BCUT2D eigenvalue weighted by atomic mass is 35.5. The largest absolute Gasteiger partial charge is 0.486 e. The Morgan fingerprint density at radius 3 is 2.63 bits per heavy atom. The fourth-order valence-electron chi connectivity index (χ4n) is 1.58. The lowest BCUT2D eigenvalue weighted by molar-refractivity contribution is 0.276. The van der Waals surface area contributed by atoms with Gasteiger partial charge in [0, 0.05) is 5.56 Å². The van der Waals surface area contributed by atoms with Gasteiger partial charge in [-0.25, -0.2) is 4.39 Å². The molecule has 0 bridgehead atoms. The molecule has 5 heteroatoms. The number of hydrogen-bond acceptors (Lipinski definition) is 2. The van der Waals surface area contributed by atoms with Crippen molar-refractivity contribution >= 4 is 23.2 Å². The summed E-state index contributed by atoms with van der Waals surface area (Å²) in [6, 6.07) is 9.47. The summed E-state index contributed by atoms with van der Waals surface area (Å²) in [5, 5.41) is 9.72. The van der Waals surface area contributed by atoms with Crippen molar-refractivity contribution in [3.63, 3.8) is 0 Å². The van der Waals surface area contributed by atoms with Crippen molar-refractivity contribution in [2.75, 3.05) is 0 Å². The third-order valence-electron chi connectivity index (χ3n) is 2.59. The van der Waals surface area contributed by atoms with Crippen LogP contribution >= 0.6 is 23.2 Å². The topological polar surface area (TPSA) is 29.5 Å². The van der Waals surface area contributed by atoms with E-state index in [1.165, 1.54) is 12.1 Å². The quantitative estimate of drug-likeness (QED) is 0.917. The lowest BCUT2D eigenvalue weighted by Gasteiger charge is -2.10. The summed E-state index contributed by atoms with van der Waals surface area (Å²) in [6.07, 6.45) is 0. The van der Waals surface area contributed by atoms with Crippen molar-refractivity contribution in [3.05, 3.63) is 63.4 Å². The first-order chi connectivity index (χ1) is 9.11. The Morgan fingerprint density at radius 1 is 1.16 bits per heavy atom. The molecule has 0 radical (unpaired) electrons. The molecule has 2 aromatic carbocycles. The average molecular weight is 301 g/mol. The van der Waals surface area contributed by atoms with E-state index in [1.807, 2.05) is 0 Å². The van der Waals surface area contributed by atoms with Crippen molar-refractivity contribution in [2.45, 2.75) is 13.2 Å². The molecule has 2 rings (SSSR count). The summed E-state index contributed by atoms with van der Waals surface area (Å²) in [5.74, 6) is -0.419. The van der Waals surface area contributed by atoms with Gasteiger partial charge in [0.15, 0.2) is 11.6 Å². The minimum Gasteiger partial charge on any atom is -0.486 e. The third-order valence-corrected chi connectivity index (χ3v) is 3.45.